The van der Waals surface area contributed by atoms with Gasteiger partial charge in [0.25, 0.3) is 5.91 Å². The first-order chi connectivity index (χ1) is 12.1. The van der Waals surface area contributed by atoms with Crippen LogP contribution in [-0.2, 0) is 0 Å². The number of thiophene rings is 1. The molecule has 3 heterocycles. The third-order valence-electron chi connectivity index (χ3n) is 4.71. The lowest BCUT2D eigenvalue weighted by molar-refractivity contribution is 0.0792. The topological polar surface area (TPSA) is 64.2 Å². The molecule has 130 valence electrons. The number of halogens is 1. The third-order valence-corrected chi connectivity index (χ3v) is 6.05. The minimum Gasteiger partial charge on any atom is -0.338 e. The number of likely N-dealkylation sites (tertiary alicyclic amines) is 1. The molecular weight excluding hydrogens is 356 g/mol. The van der Waals surface area contributed by atoms with Gasteiger partial charge in [-0.1, -0.05) is 17.7 Å². The zero-order valence-electron chi connectivity index (χ0n) is 13.9. The maximum absolute atomic E-state index is 12.8. The lowest BCUT2D eigenvalue weighted by Gasteiger charge is -2.14. The van der Waals surface area contributed by atoms with Gasteiger partial charge in [-0.25, -0.2) is 4.68 Å². The van der Waals surface area contributed by atoms with Crippen molar-refractivity contribution < 1.29 is 4.79 Å². The van der Waals surface area contributed by atoms with Crippen LogP contribution in [0.15, 0.2) is 30.3 Å². The van der Waals surface area contributed by atoms with E-state index in [-0.39, 0.29) is 5.91 Å². The van der Waals surface area contributed by atoms with Gasteiger partial charge in [-0.3, -0.25) is 4.79 Å². The van der Waals surface area contributed by atoms with Crippen molar-refractivity contribution in [2.75, 3.05) is 19.6 Å². The number of nitrogens with two attached hydrogens (primary N) is 1. The molecule has 1 unspecified atom stereocenters. The van der Waals surface area contributed by atoms with Crippen LogP contribution in [0.5, 0.6) is 0 Å². The molecule has 1 aliphatic heterocycles. The monoisotopic (exact) mass is 374 g/mol. The van der Waals surface area contributed by atoms with Crippen molar-refractivity contribution in [1.82, 2.24) is 14.7 Å². The molecule has 3 aromatic rings. The first kappa shape index (κ1) is 16.6. The first-order valence-electron chi connectivity index (χ1n) is 8.31. The van der Waals surface area contributed by atoms with Crippen LogP contribution >= 0.6 is 22.9 Å². The lowest BCUT2D eigenvalue weighted by atomic mass is 10.1. The van der Waals surface area contributed by atoms with Gasteiger partial charge in [-0.2, -0.15) is 5.10 Å². The number of nitrogens with zero attached hydrogens (tertiary/aromatic N) is 3. The zero-order valence-corrected chi connectivity index (χ0v) is 15.5. The van der Waals surface area contributed by atoms with E-state index in [0.717, 1.165) is 46.0 Å². The molecule has 1 aliphatic rings. The molecule has 1 atom stereocenters. The Morgan fingerprint density at radius 1 is 1.44 bits per heavy atom. The largest absolute Gasteiger partial charge is 0.338 e. The second kappa shape index (κ2) is 6.44. The van der Waals surface area contributed by atoms with Crippen LogP contribution in [0.2, 0.25) is 5.02 Å². The van der Waals surface area contributed by atoms with Crippen LogP contribution in [-0.4, -0.2) is 40.2 Å². The molecule has 7 heteroatoms. The van der Waals surface area contributed by atoms with Crippen LogP contribution in [0.25, 0.3) is 15.9 Å². The SMILES string of the molecule is Cc1nn(-c2cccc(Cl)c2)c2sc(C(=O)N3CCC(CN)C3)cc12. The fourth-order valence-electron chi connectivity index (χ4n) is 3.30. The number of carbonyl (C=O) groups is 1. The van der Waals surface area contributed by atoms with Crippen LogP contribution < -0.4 is 5.73 Å². The highest BCUT2D eigenvalue weighted by Crippen LogP contribution is 2.32. The zero-order chi connectivity index (χ0) is 17.6. The number of aryl methyl sites for hydroxylation is 1. The maximum atomic E-state index is 12.8. The Bertz CT molecular complexity index is 948. The fourth-order valence-corrected chi connectivity index (χ4v) is 4.64. The van der Waals surface area contributed by atoms with E-state index < -0.39 is 0 Å². The van der Waals surface area contributed by atoms with Gasteiger partial charge in [-0.15, -0.1) is 11.3 Å². The molecule has 0 spiro atoms. The molecule has 1 aromatic carbocycles. The molecule has 4 rings (SSSR count). The quantitative estimate of drug-likeness (QED) is 0.763. The van der Waals surface area contributed by atoms with Crippen molar-refractivity contribution in [2.24, 2.45) is 11.7 Å². The highest BCUT2D eigenvalue weighted by Gasteiger charge is 2.28. The predicted molar refractivity (Wildman–Crippen MR) is 102 cm³/mol. The smallest absolute Gasteiger partial charge is 0.264 e. The number of fused-ring (bicyclic) bond motifs is 1. The lowest BCUT2D eigenvalue weighted by Crippen LogP contribution is -2.29. The molecular formula is C18H19ClN4OS. The molecule has 0 saturated carbocycles. The Balaban J connectivity index is 1.71. The van der Waals surface area contributed by atoms with Gasteiger partial charge in [0.05, 0.1) is 16.3 Å². The summed E-state index contributed by atoms with van der Waals surface area (Å²) in [6.45, 7) is 4.14. The summed E-state index contributed by atoms with van der Waals surface area (Å²) >= 11 is 7.60. The molecule has 1 saturated heterocycles. The number of aromatic nitrogens is 2. The minimum absolute atomic E-state index is 0.0918. The standard InChI is InChI=1S/C18H19ClN4OS/c1-11-15-8-16(17(24)22-6-5-12(9-20)10-22)25-18(15)23(21-11)14-4-2-3-13(19)7-14/h2-4,7-8,12H,5-6,9-10,20H2,1H3. The molecule has 5 nitrogen and oxygen atoms in total. The number of rotatable bonds is 3. The van der Waals surface area contributed by atoms with E-state index in [1.807, 2.05) is 46.8 Å². The summed E-state index contributed by atoms with van der Waals surface area (Å²) in [4.78, 5) is 16.5. The van der Waals surface area contributed by atoms with E-state index in [0.29, 0.717) is 17.5 Å². The van der Waals surface area contributed by atoms with Crippen molar-refractivity contribution in [2.45, 2.75) is 13.3 Å². The summed E-state index contributed by atoms with van der Waals surface area (Å²) in [7, 11) is 0. The molecule has 25 heavy (non-hydrogen) atoms. The minimum atomic E-state index is 0.0918. The number of benzene rings is 1. The van der Waals surface area contributed by atoms with Crippen LogP contribution in [0.3, 0.4) is 0 Å². The van der Waals surface area contributed by atoms with Crippen LogP contribution in [0, 0.1) is 12.8 Å². The Morgan fingerprint density at radius 2 is 2.28 bits per heavy atom. The highest BCUT2D eigenvalue weighted by atomic mass is 35.5. The second-order valence-corrected chi connectivity index (χ2v) is 7.92. The molecule has 1 fully saturated rings. The van der Waals surface area contributed by atoms with Crippen molar-refractivity contribution in [3.63, 3.8) is 0 Å². The normalized spacial score (nSPS) is 17.6. The number of hydrogen-bond acceptors (Lipinski definition) is 4. The molecule has 2 aromatic heterocycles. The Labute approximate surface area is 155 Å². The molecule has 0 bridgehead atoms. The van der Waals surface area contributed by atoms with Crippen molar-refractivity contribution in [3.05, 3.63) is 45.9 Å². The molecule has 0 radical (unpaired) electrons. The fraction of sp³-hybridized carbons (Fsp3) is 0.333. The van der Waals surface area contributed by atoms with Gasteiger partial charge < -0.3 is 10.6 Å². The first-order valence-corrected chi connectivity index (χ1v) is 9.50. The average Bonchev–Trinajstić information content (AvgIpc) is 3.30. The van der Waals surface area contributed by atoms with Gasteiger partial charge in [0, 0.05) is 23.5 Å². The van der Waals surface area contributed by atoms with Crippen LogP contribution in [0.4, 0.5) is 0 Å². The van der Waals surface area contributed by atoms with E-state index >= 15 is 0 Å². The summed E-state index contributed by atoms with van der Waals surface area (Å²) in [5.74, 6) is 0.510. The number of hydrogen-bond donors (Lipinski definition) is 1. The summed E-state index contributed by atoms with van der Waals surface area (Å²) in [5, 5.41) is 6.29. The molecule has 1 amide bonds. The predicted octanol–water partition coefficient (Wildman–Crippen LogP) is 3.47. The average molecular weight is 375 g/mol. The number of carbonyl (C=O) groups excluding carboxylic acids is 1. The van der Waals surface area contributed by atoms with Crippen LogP contribution in [0.1, 0.15) is 21.8 Å². The van der Waals surface area contributed by atoms with Crippen molar-refractivity contribution in [1.29, 1.82) is 0 Å². The second-order valence-electron chi connectivity index (χ2n) is 6.45. The highest BCUT2D eigenvalue weighted by molar-refractivity contribution is 7.20. The van der Waals surface area contributed by atoms with E-state index in [1.165, 1.54) is 11.3 Å². The van der Waals surface area contributed by atoms with Gasteiger partial charge in [-0.05, 0) is 50.1 Å². The summed E-state index contributed by atoms with van der Waals surface area (Å²) in [6, 6.07) is 9.54. The van der Waals surface area contributed by atoms with Gasteiger partial charge >= 0.3 is 0 Å². The van der Waals surface area contributed by atoms with E-state index in [4.69, 9.17) is 17.3 Å². The number of amides is 1. The van der Waals surface area contributed by atoms with Gasteiger partial charge in [0.2, 0.25) is 0 Å². The summed E-state index contributed by atoms with van der Waals surface area (Å²) < 4.78 is 1.87. The van der Waals surface area contributed by atoms with Crippen molar-refractivity contribution >= 4 is 39.1 Å². The Kier molecular flexibility index (Phi) is 4.27. The molecule has 2 N–H and O–H groups in total. The van der Waals surface area contributed by atoms with Crippen molar-refractivity contribution in [3.8, 4) is 5.69 Å². The summed E-state index contributed by atoms with van der Waals surface area (Å²) in [5.41, 5.74) is 7.55. The maximum Gasteiger partial charge on any atom is 0.264 e. The van der Waals surface area contributed by atoms with Gasteiger partial charge in [0.15, 0.2) is 0 Å². The van der Waals surface area contributed by atoms with E-state index in [9.17, 15) is 4.79 Å². The van der Waals surface area contributed by atoms with Gasteiger partial charge in [0.1, 0.15) is 4.83 Å². The third kappa shape index (κ3) is 2.94. The Morgan fingerprint density at radius 3 is 3.00 bits per heavy atom. The summed E-state index contributed by atoms with van der Waals surface area (Å²) in [6.07, 6.45) is 0.989. The van der Waals surface area contributed by atoms with E-state index in [1.54, 1.807) is 0 Å². The Hall–Kier alpha value is -1.89. The van der Waals surface area contributed by atoms with E-state index in [2.05, 4.69) is 5.10 Å². The molecule has 0 aliphatic carbocycles.